The molecule has 0 amide bonds. The number of nitrogens with zero attached hydrogens (tertiary/aromatic N) is 1. The minimum absolute atomic E-state index is 0. The van der Waals surface area contributed by atoms with Gasteiger partial charge in [-0.25, -0.2) is 13.2 Å². The number of rotatable bonds is 4. The van der Waals surface area contributed by atoms with Gasteiger partial charge in [0, 0.05) is 18.6 Å². The van der Waals surface area contributed by atoms with Gasteiger partial charge < -0.3 is 10.5 Å². The van der Waals surface area contributed by atoms with Gasteiger partial charge in [0.15, 0.2) is 0 Å². The Hall–Kier alpha value is -0.860. The predicted molar refractivity (Wildman–Crippen MR) is 95.2 cm³/mol. The van der Waals surface area contributed by atoms with Crippen LogP contribution in [0.1, 0.15) is 36.5 Å². The minimum atomic E-state index is -3.77. The maximum atomic E-state index is 12.9. The number of sulfonamides is 1. The molecule has 1 fully saturated rings. The second kappa shape index (κ2) is 8.49. The van der Waals surface area contributed by atoms with Gasteiger partial charge in [-0.2, -0.15) is 4.31 Å². The lowest BCUT2D eigenvalue weighted by Gasteiger charge is -2.37. The van der Waals surface area contributed by atoms with E-state index in [-0.39, 0.29) is 40.0 Å². The predicted octanol–water partition coefficient (Wildman–Crippen LogP) is 2.44. The third-order valence-electron chi connectivity index (χ3n) is 4.04. The van der Waals surface area contributed by atoms with Crippen LogP contribution >= 0.6 is 24.0 Å². The summed E-state index contributed by atoms with van der Waals surface area (Å²) in [7, 11) is -2.51. The summed E-state index contributed by atoms with van der Waals surface area (Å²) >= 11 is 6.12. The largest absolute Gasteiger partial charge is 0.465 e. The summed E-state index contributed by atoms with van der Waals surface area (Å²) in [6.45, 7) is 2.23. The Kier molecular flexibility index (Phi) is 7.49. The van der Waals surface area contributed by atoms with Crippen LogP contribution in [0.15, 0.2) is 23.1 Å². The molecule has 24 heavy (non-hydrogen) atoms. The molecule has 0 aromatic heterocycles. The molecular weight excluding hydrogens is 375 g/mol. The van der Waals surface area contributed by atoms with Gasteiger partial charge in [0.1, 0.15) is 4.90 Å². The van der Waals surface area contributed by atoms with E-state index >= 15 is 0 Å². The molecule has 2 unspecified atom stereocenters. The van der Waals surface area contributed by atoms with Gasteiger partial charge >= 0.3 is 5.97 Å². The van der Waals surface area contributed by atoms with Crippen molar-refractivity contribution in [1.82, 2.24) is 4.31 Å². The topological polar surface area (TPSA) is 89.7 Å². The Balaban J connectivity index is 0.00000288. The van der Waals surface area contributed by atoms with E-state index in [1.807, 2.05) is 0 Å². The van der Waals surface area contributed by atoms with Crippen LogP contribution in [0.5, 0.6) is 0 Å². The van der Waals surface area contributed by atoms with Crippen LogP contribution in [0.2, 0.25) is 5.02 Å². The van der Waals surface area contributed by atoms with E-state index in [1.165, 1.54) is 29.6 Å². The van der Waals surface area contributed by atoms with Gasteiger partial charge in [0.2, 0.25) is 10.0 Å². The van der Waals surface area contributed by atoms with E-state index in [2.05, 4.69) is 4.74 Å². The number of piperidine rings is 1. The smallest absolute Gasteiger partial charge is 0.337 e. The highest BCUT2D eigenvalue weighted by atomic mass is 35.5. The van der Waals surface area contributed by atoms with Gasteiger partial charge in [0.05, 0.1) is 17.7 Å². The van der Waals surface area contributed by atoms with Crippen molar-refractivity contribution in [3.8, 4) is 0 Å². The van der Waals surface area contributed by atoms with Crippen molar-refractivity contribution in [2.24, 2.45) is 5.73 Å². The SMILES string of the molecule is COC(=O)c1ccc(S(=O)(=O)N2CCCCC2C(C)N)c(Cl)c1.Cl. The standard InChI is InChI=1S/C15H21ClN2O4S.ClH/c1-10(17)13-5-3-4-8-18(13)23(20,21)14-7-6-11(9-12(14)16)15(19)22-2;/h6-7,9-10,13H,3-5,8,17H2,1-2H3;1H. The van der Waals surface area contributed by atoms with Gasteiger partial charge in [-0.1, -0.05) is 18.0 Å². The zero-order valence-electron chi connectivity index (χ0n) is 13.6. The van der Waals surface area contributed by atoms with Crippen molar-refractivity contribution in [1.29, 1.82) is 0 Å². The zero-order chi connectivity index (χ0) is 17.2. The van der Waals surface area contributed by atoms with Gasteiger partial charge in [-0.05, 0) is 38.0 Å². The molecule has 2 atom stereocenters. The molecule has 6 nitrogen and oxygen atoms in total. The Morgan fingerprint density at radius 1 is 1.42 bits per heavy atom. The molecule has 1 saturated heterocycles. The van der Waals surface area contributed by atoms with Crippen LogP contribution < -0.4 is 5.73 Å². The van der Waals surface area contributed by atoms with Crippen molar-refractivity contribution >= 4 is 40.0 Å². The first-order chi connectivity index (χ1) is 10.8. The first kappa shape index (κ1) is 21.2. The highest BCUT2D eigenvalue weighted by Crippen LogP contribution is 2.31. The number of carbonyl (C=O) groups is 1. The summed E-state index contributed by atoms with van der Waals surface area (Å²) in [6, 6.07) is 3.54. The number of nitrogens with two attached hydrogens (primary N) is 1. The molecule has 0 radical (unpaired) electrons. The second-order valence-electron chi connectivity index (χ2n) is 5.67. The molecule has 136 valence electrons. The Morgan fingerprint density at radius 3 is 2.62 bits per heavy atom. The number of esters is 1. The van der Waals surface area contributed by atoms with Crippen LogP contribution in [0, 0.1) is 0 Å². The van der Waals surface area contributed by atoms with Crippen molar-refractivity contribution in [2.45, 2.75) is 43.2 Å². The van der Waals surface area contributed by atoms with Crippen molar-refractivity contribution in [3.63, 3.8) is 0 Å². The number of hydrogen-bond donors (Lipinski definition) is 1. The summed E-state index contributed by atoms with van der Waals surface area (Å²) in [6.07, 6.45) is 2.47. The molecule has 2 rings (SSSR count). The van der Waals surface area contributed by atoms with Crippen LogP contribution in [0.25, 0.3) is 0 Å². The summed E-state index contributed by atoms with van der Waals surface area (Å²) in [5.74, 6) is -0.567. The summed E-state index contributed by atoms with van der Waals surface area (Å²) in [5.41, 5.74) is 6.16. The van der Waals surface area contributed by atoms with Crippen LogP contribution in [0.4, 0.5) is 0 Å². The first-order valence-corrected chi connectivity index (χ1v) is 9.26. The maximum Gasteiger partial charge on any atom is 0.337 e. The number of carbonyl (C=O) groups excluding carboxylic acids is 1. The quantitative estimate of drug-likeness (QED) is 0.789. The lowest BCUT2D eigenvalue weighted by molar-refractivity contribution is 0.0600. The van der Waals surface area contributed by atoms with Crippen molar-refractivity contribution < 1.29 is 17.9 Å². The van der Waals surface area contributed by atoms with Crippen LogP contribution in [-0.4, -0.2) is 44.4 Å². The van der Waals surface area contributed by atoms with Crippen LogP contribution in [-0.2, 0) is 14.8 Å². The monoisotopic (exact) mass is 396 g/mol. The molecule has 0 saturated carbocycles. The number of benzene rings is 1. The lowest BCUT2D eigenvalue weighted by atomic mass is 10.00. The van der Waals surface area contributed by atoms with Gasteiger partial charge in [-0.15, -0.1) is 12.4 Å². The molecule has 1 aliphatic heterocycles. The Bertz CT molecular complexity index is 695. The fourth-order valence-electron chi connectivity index (χ4n) is 2.84. The molecule has 2 N–H and O–H groups in total. The number of methoxy groups -OCH3 is 1. The molecule has 0 aliphatic carbocycles. The third kappa shape index (κ3) is 4.21. The first-order valence-electron chi connectivity index (χ1n) is 7.44. The molecule has 0 spiro atoms. The molecule has 1 heterocycles. The fourth-order valence-corrected chi connectivity index (χ4v) is 5.13. The van der Waals surface area contributed by atoms with Gasteiger partial charge in [-0.3, -0.25) is 0 Å². The molecular formula is C15H22Cl2N2O4S. The fraction of sp³-hybridized carbons (Fsp3) is 0.533. The highest BCUT2D eigenvalue weighted by molar-refractivity contribution is 7.89. The Morgan fingerprint density at radius 2 is 2.08 bits per heavy atom. The molecule has 1 aromatic rings. The van der Waals surface area contributed by atoms with Crippen LogP contribution in [0.3, 0.4) is 0 Å². The van der Waals surface area contributed by atoms with E-state index in [1.54, 1.807) is 6.92 Å². The van der Waals surface area contributed by atoms with E-state index in [0.717, 1.165) is 19.3 Å². The average Bonchev–Trinajstić information content (AvgIpc) is 2.53. The summed E-state index contributed by atoms with van der Waals surface area (Å²) in [5, 5.41) is 0.00176. The van der Waals surface area contributed by atoms with Gasteiger partial charge in [0.25, 0.3) is 0 Å². The maximum absolute atomic E-state index is 12.9. The highest BCUT2D eigenvalue weighted by Gasteiger charge is 2.36. The third-order valence-corrected chi connectivity index (χ3v) is 6.45. The van der Waals surface area contributed by atoms with E-state index in [4.69, 9.17) is 17.3 Å². The minimum Gasteiger partial charge on any atom is -0.465 e. The molecule has 9 heteroatoms. The van der Waals surface area contributed by atoms with Crippen molar-refractivity contribution in [3.05, 3.63) is 28.8 Å². The number of ether oxygens (including phenoxy) is 1. The average molecular weight is 397 g/mol. The van der Waals surface area contributed by atoms with E-state index in [0.29, 0.717) is 6.54 Å². The molecule has 1 aliphatic rings. The Labute approximate surface area is 153 Å². The second-order valence-corrected chi connectivity index (χ2v) is 7.94. The van der Waals surface area contributed by atoms with Crippen molar-refractivity contribution in [2.75, 3.05) is 13.7 Å². The summed E-state index contributed by atoms with van der Waals surface area (Å²) < 4.78 is 31.9. The zero-order valence-corrected chi connectivity index (χ0v) is 16.0. The normalized spacial score (nSPS) is 20.1. The summed E-state index contributed by atoms with van der Waals surface area (Å²) in [4.78, 5) is 11.5. The van der Waals surface area contributed by atoms with E-state index < -0.39 is 16.0 Å². The number of hydrogen-bond acceptors (Lipinski definition) is 5. The molecule has 0 bridgehead atoms. The molecule has 1 aromatic carbocycles. The van der Waals surface area contributed by atoms with E-state index in [9.17, 15) is 13.2 Å². The number of halogens is 2. The lowest BCUT2D eigenvalue weighted by Crippen LogP contribution is -2.51.